The molecule has 0 spiro atoms. The van der Waals surface area contributed by atoms with Gasteiger partial charge >= 0.3 is 0 Å². The molecule has 0 aliphatic carbocycles. The van der Waals surface area contributed by atoms with Crippen LogP contribution in [0.5, 0.6) is 0 Å². The van der Waals surface area contributed by atoms with Gasteiger partial charge in [0.25, 0.3) is 0 Å². The molecule has 0 N–H and O–H groups in total. The van der Waals surface area contributed by atoms with E-state index in [-0.39, 0.29) is 0 Å². The minimum Gasteiger partial charge on any atom is -0.361 e. The zero-order valence-corrected chi connectivity index (χ0v) is 9.03. The Hall–Kier alpha value is -1.16. The molecule has 1 aliphatic heterocycles. The third-order valence-corrected chi connectivity index (χ3v) is 2.96. The molecule has 4 nitrogen and oxygen atoms in total. The number of nitrogens with zero attached hydrogens (tertiary/aromatic N) is 2. The molecular weight excluding hydrogens is 192 g/mol. The first-order chi connectivity index (χ1) is 7.31. The smallest absolute Gasteiger partial charge is 0.172 e. The van der Waals surface area contributed by atoms with Gasteiger partial charge in [-0.2, -0.15) is 0 Å². The third-order valence-electron chi connectivity index (χ3n) is 2.96. The molecule has 4 heteroatoms. The lowest BCUT2D eigenvalue weighted by Crippen LogP contribution is -2.29. The molecular formula is C11H16N2O2. The fraction of sp³-hybridized carbons (Fsp3) is 0.636. The van der Waals surface area contributed by atoms with Gasteiger partial charge in [-0.05, 0) is 32.9 Å². The molecule has 0 radical (unpaired) electrons. The van der Waals surface area contributed by atoms with Crippen molar-refractivity contribution in [2.75, 3.05) is 13.1 Å². The average molecular weight is 208 g/mol. The average Bonchev–Trinajstić information content (AvgIpc) is 2.62. The van der Waals surface area contributed by atoms with Crippen LogP contribution in [0, 0.1) is 6.92 Å². The lowest BCUT2D eigenvalue weighted by molar-refractivity contribution is 0.111. The monoisotopic (exact) mass is 208 g/mol. The molecule has 0 bridgehead atoms. The Labute approximate surface area is 89.2 Å². The van der Waals surface area contributed by atoms with Crippen molar-refractivity contribution in [2.24, 2.45) is 0 Å². The van der Waals surface area contributed by atoms with Crippen LogP contribution in [-0.4, -0.2) is 29.4 Å². The van der Waals surface area contributed by atoms with Crippen molar-refractivity contribution < 1.29 is 9.32 Å². The van der Waals surface area contributed by atoms with Gasteiger partial charge in [0.05, 0.1) is 0 Å². The number of carbonyl (C=O) groups is 1. The minimum atomic E-state index is 0.457. The van der Waals surface area contributed by atoms with E-state index in [4.69, 9.17) is 4.52 Å². The predicted molar refractivity (Wildman–Crippen MR) is 55.8 cm³/mol. The van der Waals surface area contributed by atoms with E-state index in [1.807, 2.05) is 6.92 Å². The number of likely N-dealkylation sites (tertiary alicyclic amines) is 1. The summed E-state index contributed by atoms with van der Waals surface area (Å²) in [5.74, 6) is 0.766. The van der Waals surface area contributed by atoms with Crippen molar-refractivity contribution >= 4 is 6.29 Å². The summed E-state index contributed by atoms with van der Waals surface area (Å²) in [5, 5.41) is 3.73. The van der Waals surface area contributed by atoms with Crippen LogP contribution in [0.25, 0.3) is 0 Å². The molecule has 2 heterocycles. The Morgan fingerprint density at radius 2 is 2.13 bits per heavy atom. The summed E-state index contributed by atoms with van der Waals surface area (Å²) in [4.78, 5) is 13.1. The lowest BCUT2D eigenvalue weighted by atomic mass is 10.1. The van der Waals surface area contributed by atoms with Crippen LogP contribution in [0.4, 0.5) is 0 Å². The lowest BCUT2D eigenvalue weighted by Gasteiger charge is -2.25. The number of aromatic nitrogens is 1. The SMILES string of the molecule is Cc1onc(C=O)c1CN1CCCCC1. The molecule has 0 unspecified atom stereocenters. The minimum absolute atomic E-state index is 0.457. The van der Waals surface area contributed by atoms with Gasteiger partial charge in [-0.1, -0.05) is 11.6 Å². The normalized spacial score (nSPS) is 17.9. The van der Waals surface area contributed by atoms with E-state index in [1.165, 1.54) is 19.3 Å². The molecule has 2 rings (SSSR count). The van der Waals surface area contributed by atoms with Crippen molar-refractivity contribution in [3.63, 3.8) is 0 Å². The fourth-order valence-corrected chi connectivity index (χ4v) is 2.03. The van der Waals surface area contributed by atoms with Crippen LogP contribution in [-0.2, 0) is 6.54 Å². The molecule has 0 amide bonds. The highest BCUT2D eigenvalue weighted by Gasteiger charge is 2.17. The van der Waals surface area contributed by atoms with Crippen LogP contribution >= 0.6 is 0 Å². The molecule has 1 fully saturated rings. The van der Waals surface area contributed by atoms with E-state index < -0.39 is 0 Å². The highest BCUT2D eigenvalue weighted by atomic mass is 16.5. The molecule has 1 aliphatic rings. The highest BCUT2D eigenvalue weighted by molar-refractivity contribution is 5.74. The summed E-state index contributed by atoms with van der Waals surface area (Å²) < 4.78 is 5.02. The molecule has 0 aromatic carbocycles. The van der Waals surface area contributed by atoms with Gasteiger partial charge in [0.15, 0.2) is 12.0 Å². The Morgan fingerprint density at radius 3 is 2.80 bits per heavy atom. The van der Waals surface area contributed by atoms with Crippen molar-refractivity contribution in [1.29, 1.82) is 0 Å². The molecule has 15 heavy (non-hydrogen) atoms. The predicted octanol–water partition coefficient (Wildman–Crippen LogP) is 1.78. The Balaban J connectivity index is 2.08. The summed E-state index contributed by atoms with van der Waals surface area (Å²) in [5.41, 5.74) is 1.41. The second kappa shape index (κ2) is 4.57. The Kier molecular flexibility index (Phi) is 3.16. The first-order valence-electron chi connectivity index (χ1n) is 5.44. The van der Waals surface area contributed by atoms with Crippen molar-refractivity contribution in [2.45, 2.75) is 32.7 Å². The number of carbonyl (C=O) groups excluding carboxylic acids is 1. The molecule has 1 aromatic rings. The summed E-state index contributed by atoms with van der Waals surface area (Å²) in [6.45, 7) is 4.88. The molecule has 1 aromatic heterocycles. The van der Waals surface area contributed by atoms with Crippen molar-refractivity contribution in [3.8, 4) is 0 Å². The Bertz CT molecular complexity index is 340. The molecule has 82 valence electrons. The van der Waals surface area contributed by atoms with E-state index in [9.17, 15) is 4.79 Å². The summed E-state index contributed by atoms with van der Waals surface area (Å²) in [6.07, 6.45) is 4.59. The van der Waals surface area contributed by atoms with E-state index >= 15 is 0 Å². The van der Waals surface area contributed by atoms with E-state index in [0.717, 1.165) is 37.2 Å². The number of hydrogen-bond donors (Lipinski definition) is 0. The second-order valence-corrected chi connectivity index (χ2v) is 4.06. The maximum absolute atomic E-state index is 10.7. The third kappa shape index (κ3) is 2.26. The van der Waals surface area contributed by atoms with Crippen LogP contribution in [0.15, 0.2) is 4.52 Å². The first kappa shape index (κ1) is 10.4. The van der Waals surface area contributed by atoms with Crippen molar-refractivity contribution in [3.05, 3.63) is 17.0 Å². The van der Waals surface area contributed by atoms with Gasteiger partial charge in [0.2, 0.25) is 0 Å². The van der Waals surface area contributed by atoms with Crippen LogP contribution < -0.4 is 0 Å². The van der Waals surface area contributed by atoms with Gasteiger partial charge < -0.3 is 4.52 Å². The number of aldehydes is 1. The number of hydrogen-bond acceptors (Lipinski definition) is 4. The maximum Gasteiger partial charge on any atom is 0.172 e. The van der Waals surface area contributed by atoms with Gasteiger partial charge in [-0.3, -0.25) is 9.69 Å². The van der Waals surface area contributed by atoms with Gasteiger partial charge in [-0.25, -0.2) is 0 Å². The zero-order valence-electron chi connectivity index (χ0n) is 9.03. The van der Waals surface area contributed by atoms with Gasteiger partial charge in [0.1, 0.15) is 5.76 Å². The fourth-order valence-electron chi connectivity index (χ4n) is 2.03. The quantitative estimate of drug-likeness (QED) is 0.710. The van der Waals surface area contributed by atoms with Crippen LogP contribution in [0.2, 0.25) is 0 Å². The van der Waals surface area contributed by atoms with E-state index in [0.29, 0.717) is 5.69 Å². The van der Waals surface area contributed by atoms with E-state index in [2.05, 4.69) is 10.1 Å². The summed E-state index contributed by atoms with van der Waals surface area (Å²) >= 11 is 0. The zero-order chi connectivity index (χ0) is 10.7. The standard InChI is InChI=1S/C11H16N2O2/c1-9-10(11(8-14)12-15-9)7-13-5-3-2-4-6-13/h8H,2-7H2,1H3. The number of rotatable bonds is 3. The number of aryl methyl sites for hydroxylation is 1. The topological polar surface area (TPSA) is 46.3 Å². The first-order valence-corrected chi connectivity index (χ1v) is 5.44. The molecule has 0 saturated carbocycles. The largest absolute Gasteiger partial charge is 0.361 e. The molecule has 1 saturated heterocycles. The maximum atomic E-state index is 10.7. The van der Waals surface area contributed by atoms with Gasteiger partial charge in [0, 0.05) is 12.1 Å². The van der Waals surface area contributed by atoms with E-state index in [1.54, 1.807) is 0 Å². The summed E-state index contributed by atoms with van der Waals surface area (Å²) in [7, 11) is 0. The van der Waals surface area contributed by atoms with Gasteiger partial charge in [-0.15, -0.1) is 0 Å². The summed E-state index contributed by atoms with van der Waals surface area (Å²) in [6, 6.07) is 0. The van der Waals surface area contributed by atoms with Crippen molar-refractivity contribution in [1.82, 2.24) is 10.1 Å². The van der Waals surface area contributed by atoms with Crippen LogP contribution in [0.3, 0.4) is 0 Å². The molecule has 0 atom stereocenters. The Morgan fingerprint density at radius 1 is 1.40 bits per heavy atom. The van der Waals surface area contributed by atoms with Crippen LogP contribution in [0.1, 0.15) is 41.1 Å². The second-order valence-electron chi connectivity index (χ2n) is 4.06. The highest BCUT2D eigenvalue weighted by Crippen LogP contribution is 2.17. The number of piperidine rings is 1.